The Morgan fingerprint density at radius 2 is 0.710 bits per heavy atom. The lowest BCUT2D eigenvalue weighted by Gasteiger charge is -2.26. The molecule has 3 unspecified atom stereocenters. The van der Waals surface area contributed by atoms with Crippen molar-refractivity contribution in [1.82, 2.24) is 10.4 Å². The first-order valence-corrected chi connectivity index (χ1v) is 31.6. The molecule has 62 heavy (non-hydrogen) atoms. The van der Waals surface area contributed by atoms with Crippen LogP contribution in [0.25, 0.3) is 0 Å². The van der Waals surface area contributed by atoms with E-state index in [1.165, 1.54) is 270 Å². The van der Waals surface area contributed by atoms with Crippen LogP contribution in [-0.4, -0.2) is 54.4 Å². The number of hydrogen-bond acceptors (Lipinski definition) is 6. The van der Waals surface area contributed by atoms with Gasteiger partial charge in [-0.25, -0.2) is 5.09 Å². The van der Waals surface area contributed by atoms with E-state index in [-0.39, 0.29) is 0 Å². The fourth-order valence-electron chi connectivity index (χ4n) is 9.93. The average Bonchev–Trinajstić information content (AvgIpc) is 3.29. The highest BCUT2D eigenvalue weighted by Gasteiger charge is 2.21. The van der Waals surface area contributed by atoms with Crippen molar-refractivity contribution in [1.29, 1.82) is 0 Å². The first-order valence-electron chi connectivity index (χ1n) is 28.5. The first kappa shape index (κ1) is 59.1. The van der Waals surface area contributed by atoms with Gasteiger partial charge in [-0.15, -0.1) is 0 Å². The van der Waals surface area contributed by atoms with Crippen LogP contribution in [0.3, 0.4) is 0 Å². The molecule has 0 aromatic carbocycles. The van der Waals surface area contributed by atoms with Crippen LogP contribution in [-0.2, 0) is 9.05 Å². The van der Waals surface area contributed by atoms with Crippen LogP contribution >= 0.6 is 32.0 Å². The maximum atomic E-state index is 6.27. The fraction of sp³-hybridized carbons (Fsp3) is 1.00. The molecule has 2 aliphatic rings. The minimum Gasteiger partial charge on any atom is -0.322 e. The molecule has 0 saturated heterocycles. The van der Waals surface area contributed by atoms with Crippen LogP contribution in [0.1, 0.15) is 296 Å². The van der Waals surface area contributed by atoms with Crippen LogP contribution in [0.5, 0.6) is 0 Å². The Bertz CT molecular complexity index is 876. The molecule has 4 nitrogen and oxygen atoms in total. The molecule has 0 radical (unpaired) electrons. The van der Waals surface area contributed by atoms with E-state index < -0.39 is 8.53 Å². The summed E-state index contributed by atoms with van der Waals surface area (Å²) < 4.78 is 12.5. The number of unbranched alkanes of at least 4 members (excludes halogenated alkanes) is 26. The number of rotatable bonds is 48. The maximum Gasteiger partial charge on any atom is 0.255 e. The Morgan fingerprint density at radius 3 is 1.03 bits per heavy atom. The zero-order chi connectivity index (χ0) is 44.1. The highest BCUT2D eigenvalue weighted by atomic mass is 32.2. The molecule has 370 valence electrons. The number of hydrogen-bond donors (Lipinski definition) is 2. The van der Waals surface area contributed by atoms with Crippen molar-refractivity contribution in [3.8, 4) is 0 Å². The Balaban J connectivity index is 1.46. The molecular weight excluding hydrogens is 816 g/mol. The molecule has 0 aromatic rings. The molecule has 0 bridgehead atoms. The summed E-state index contributed by atoms with van der Waals surface area (Å²) in [5.41, 5.74) is 0. The van der Waals surface area contributed by atoms with E-state index in [9.17, 15) is 0 Å². The second kappa shape index (κ2) is 47.1. The summed E-state index contributed by atoms with van der Waals surface area (Å²) in [7, 11) is 1.04. The van der Waals surface area contributed by atoms with E-state index in [1.807, 2.05) is 7.05 Å². The number of thioether (sulfide) groups is 2. The van der Waals surface area contributed by atoms with Gasteiger partial charge in [-0.1, -0.05) is 232 Å². The van der Waals surface area contributed by atoms with Crippen molar-refractivity contribution < 1.29 is 9.05 Å². The van der Waals surface area contributed by atoms with Crippen molar-refractivity contribution in [2.75, 3.05) is 33.4 Å². The minimum atomic E-state index is -0.976. The monoisotopic (exact) mass is 927 g/mol. The zero-order valence-corrected chi connectivity index (χ0v) is 44.9. The standard InChI is InChI=1S/C55H111N2O2PS2/c1-4-6-8-10-16-22-30-40-52(61-54-44-34-28-35-45-54)42-32-24-18-13-12-14-20-26-38-50-58-60(57-49-48-56-3)59-51-39-27-21-15-19-25-33-43-53(62-55-46-36-29-37-47-55)41-31-23-17-11-9-7-5-2/h52-57H,4-51H2,1-3H3. The van der Waals surface area contributed by atoms with E-state index in [0.717, 1.165) is 60.1 Å². The second-order valence-electron chi connectivity index (χ2n) is 20.0. The van der Waals surface area contributed by atoms with Gasteiger partial charge >= 0.3 is 0 Å². The van der Waals surface area contributed by atoms with E-state index in [2.05, 4.69) is 47.8 Å². The average molecular weight is 928 g/mol. The molecule has 2 fully saturated rings. The lowest BCUT2D eigenvalue weighted by atomic mass is 10.0. The molecule has 2 saturated carbocycles. The predicted molar refractivity (Wildman–Crippen MR) is 286 cm³/mol. The molecule has 0 amide bonds. The Morgan fingerprint density at radius 1 is 0.403 bits per heavy atom. The lowest BCUT2D eigenvalue weighted by molar-refractivity contribution is 0.233. The minimum absolute atomic E-state index is 0.830. The molecular formula is C55H111N2O2PS2. The van der Waals surface area contributed by atoms with Crippen molar-refractivity contribution in [2.45, 2.75) is 317 Å². The molecule has 0 heterocycles. The summed E-state index contributed by atoms with van der Waals surface area (Å²) >= 11 is 4.83. The van der Waals surface area contributed by atoms with Gasteiger partial charge < -0.3 is 14.4 Å². The smallest absolute Gasteiger partial charge is 0.255 e. The third-order valence-electron chi connectivity index (χ3n) is 14.0. The Hall–Kier alpha value is 0.970. The predicted octanol–water partition coefficient (Wildman–Crippen LogP) is 19.2. The lowest BCUT2D eigenvalue weighted by Crippen LogP contribution is -2.22. The van der Waals surface area contributed by atoms with Crippen molar-refractivity contribution >= 4 is 32.0 Å². The van der Waals surface area contributed by atoms with E-state index in [0.29, 0.717) is 0 Å². The summed E-state index contributed by atoms with van der Waals surface area (Å²) in [4.78, 5) is 0. The normalized spacial score (nSPS) is 16.9. The Labute approximate surface area is 400 Å². The molecule has 7 heteroatoms. The molecule has 0 aliphatic heterocycles. The Kier molecular flexibility index (Phi) is 44.8. The van der Waals surface area contributed by atoms with Gasteiger partial charge in [0.15, 0.2) is 0 Å². The highest BCUT2D eigenvalue weighted by molar-refractivity contribution is 8.00. The highest BCUT2D eigenvalue weighted by Crippen LogP contribution is 2.37. The van der Waals surface area contributed by atoms with Gasteiger partial charge in [0.25, 0.3) is 8.53 Å². The third kappa shape index (κ3) is 38.0. The van der Waals surface area contributed by atoms with Crippen LogP contribution in [0.2, 0.25) is 0 Å². The van der Waals surface area contributed by atoms with Gasteiger partial charge in [-0.3, -0.25) is 0 Å². The molecule has 3 atom stereocenters. The zero-order valence-electron chi connectivity index (χ0n) is 42.3. The van der Waals surface area contributed by atoms with E-state index in [1.54, 1.807) is 0 Å². The summed E-state index contributed by atoms with van der Waals surface area (Å²) in [6.45, 7) is 8.16. The largest absolute Gasteiger partial charge is 0.322 e. The van der Waals surface area contributed by atoms with E-state index >= 15 is 0 Å². The fourth-order valence-corrected chi connectivity index (χ4v) is 14.6. The van der Waals surface area contributed by atoms with Crippen LogP contribution in [0.15, 0.2) is 0 Å². The molecule has 2 N–H and O–H groups in total. The summed E-state index contributed by atoms with van der Waals surface area (Å²) in [6.07, 6.45) is 62.9. The van der Waals surface area contributed by atoms with Crippen molar-refractivity contribution in [2.24, 2.45) is 0 Å². The number of likely N-dealkylation sites (N-methyl/N-ethyl adjacent to an activating group) is 1. The molecule has 0 spiro atoms. The summed E-state index contributed by atoms with van der Waals surface area (Å²) in [5.74, 6) is 0. The summed E-state index contributed by atoms with van der Waals surface area (Å²) in [5, 5.41) is 10.6. The second-order valence-corrected chi connectivity index (χ2v) is 24.6. The topological polar surface area (TPSA) is 42.5 Å². The SMILES string of the molecule is CCCCCCCCCC(CCCCCCCCCCCOP(NCCNC)OCCCCCCCCCC(CCCCCCCCC)SC1CCCCC1)SC1CCCCC1. The van der Waals surface area contributed by atoms with Crippen molar-refractivity contribution in [3.63, 3.8) is 0 Å². The third-order valence-corrected chi connectivity index (χ3v) is 18.7. The first-order chi connectivity index (χ1) is 30.7. The molecule has 2 aliphatic carbocycles. The van der Waals surface area contributed by atoms with Crippen LogP contribution in [0.4, 0.5) is 0 Å². The van der Waals surface area contributed by atoms with Crippen molar-refractivity contribution in [3.05, 3.63) is 0 Å². The van der Waals surface area contributed by atoms with Gasteiger partial charge in [0, 0.05) is 34.1 Å². The van der Waals surface area contributed by atoms with Gasteiger partial charge in [0.1, 0.15) is 0 Å². The maximum absolute atomic E-state index is 6.27. The van der Waals surface area contributed by atoms with E-state index in [4.69, 9.17) is 9.05 Å². The van der Waals surface area contributed by atoms with Gasteiger partial charge in [0.2, 0.25) is 0 Å². The number of nitrogens with one attached hydrogen (secondary N) is 2. The summed E-state index contributed by atoms with van der Waals surface area (Å²) in [6, 6.07) is 0. The quantitative estimate of drug-likeness (QED) is 0.0468. The molecule has 2 rings (SSSR count). The van der Waals surface area contributed by atoms with Crippen LogP contribution < -0.4 is 10.4 Å². The van der Waals surface area contributed by atoms with Gasteiger partial charge in [0.05, 0.1) is 13.2 Å². The van der Waals surface area contributed by atoms with Gasteiger partial charge in [-0.2, -0.15) is 23.5 Å². The molecule has 0 aromatic heterocycles. The van der Waals surface area contributed by atoms with Gasteiger partial charge in [-0.05, 0) is 71.3 Å². The van der Waals surface area contributed by atoms with Crippen LogP contribution in [0, 0.1) is 0 Å².